The minimum absolute atomic E-state index is 0.136. The SMILES string of the molecule is COc1ccnc(C)c1C(N)CC(=O)O. The Bertz CT molecular complexity index is 366. The number of aryl methyl sites for hydroxylation is 1. The van der Waals surface area contributed by atoms with Crippen molar-refractivity contribution in [2.45, 2.75) is 19.4 Å². The molecule has 0 saturated heterocycles. The van der Waals surface area contributed by atoms with Crippen LogP contribution in [-0.4, -0.2) is 23.2 Å². The largest absolute Gasteiger partial charge is 0.496 e. The molecule has 1 aromatic rings. The monoisotopic (exact) mass is 210 g/mol. The van der Waals surface area contributed by atoms with E-state index in [1.165, 1.54) is 7.11 Å². The van der Waals surface area contributed by atoms with Gasteiger partial charge in [0.15, 0.2) is 0 Å². The molecule has 15 heavy (non-hydrogen) atoms. The minimum Gasteiger partial charge on any atom is -0.496 e. The number of nitrogens with zero attached hydrogens (tertiary/aromatic N) is 1. The Labute approximate surface area is 87.9 Å². The zero-order chi connectivity index (χ0) is 11.4. The van der Waals surface area contributed by atoms with E-state index in [0.29, 0.717) is 17.0 Å². The first-order valence-corrected chi connectivity index (χ1v) is 4.53. The van der Waals surface area contributed by atoms with Crippen LogP contribution < -0.4 is 10.5 Å². The van der Waals surface area contributed by atoms with Crippen LogP contribution in [0.4, 0.5) is 0 Å². The molecule has 0 aliphatic rings. The molecule has 5 heteroatoms. The summed E-state index contributed by atoms with van der Waals surface area (Å²) in [6.45, 7) is 1.78. The van der Waals surface area contributed by atoms with Gasteiger partial charge in [-0.3, -0.25) is 9.78 Å². The van der Waals surface area contributed by atoms with E-state index in [9.17, 15) is 4.79 Å². The molecule has 1 atom stereocenters. The van der Waals surface area contributed by atoms with Gasteiger partial charge in [0.1, 0.15) is 5.75 Å². The van der Waals surface area contributed by atoms with Crippen molar-refractivity contribution in [2.24, 2.45) is 5.73 Å². The number of aliphatic carboxylic acids is 1. The number of nitrogens with two attached hydrogens (primary N) is 1. The molecular weight excluding hydrogens is 196 g/mol. The first-order valence-electron chi connectivity index (χ1n) is 4.53. The molecule has 0 spiro atoms. The van der Waals surface area contributed by atoms with E-state index in [0.717, 1.165) is 0 Å². The van der Waals surface area contributed by atoms with Gasteiger partial charge in [0, 0.05) is 23.5 Å². The third kappa shape index (κ3) is 2.66. The molecule has 1 aromatic heterocycles. The van der Waals surface area contributed by atoms with Crippen LogP contribution in [-0.2, 0) is 4.79 Å². The van der Waals surface area contributed by atoms with Crippen LogP contribution in [0.1, 0.15) is 23.7 Å². The van der Waals surface area contributed by atoms with Crippen LogP contribution in [0, 0.1) is 6.92 Å². The molecule has 0 saturated carbocycles. The second kappa shape index (κ2) is 4.75. The van der Waals surface area contributed by atoms with E-state index in [1.807, 2.05) is 0 Å². The van der Waals surface area contributed by atoms with Crippen molar-refractivity contribution in [3.8, 4) is 5.75 Å². The maximum Gasteiger partial charge on any atom is 0.305 e. The van der Waals surface area contributed by atoms with Gasteiger partial charge in [-0.25, -0.2) is 0 Å². The molecule has 0 aliphatic carbocycles. The van der Waals surface area contributed by atoms with Gasteiger partial charge in [-0.1, -0.05) is 0 Å². The van der Waals surface area contributed by atoms with Crippen LogP contribution in [0.2, 0.25) is 0 Å². The summed E-state index contributed by atoms with van der Waals surface area (Å²) < 4.78 is 5.12. The number of rotatable bonds is 4. The number of hydrogen-bond acceptors (Lipinski definition) is 4. The smallest absolute Gasteiger partial charge is 0.305 e. The van der Waals surface area contributed by atoms with Gasteiger partial charge >= 0.3 is 5.97 Å². The zero-order valence-corrected chi connectivity index (χ0v) is 8.73. The van der Waals surface area contributed by atoms with E-state index in [1.54, 1.807) is 19.2 Å². The number of carboxylic acids is 1. The van der Waals surface area contributed by atoms with Crippen molar-refractivity contribution in [1.29, 1.82) is 0 Å². The standard InChI is InChI=1S/C10H14N2O3/c1-6-10(7(11)5-9(13)14)8(15-2)3-4-12-6/h3-4,7H,5,11H2,1-2H3,(H,13,14). The highest BCUT2D eigenvalue weighted by Crippen LogP contribution is 2.27. The summed E-state index contributed by atoms with van der Waals surface area (Å²) in [5.74, 6) is -0.357. The van der Waals surface area contributed by atoms with Crippen LogP contribution in [0.5, 0.6) is 5.75 Å². The van der Waals surface area contributed by atoms with Crippen molar-refractivity contribution >= 4 is 5.97 Å². The molecule has 0 bridgehead atoms. The fraction of sp³-hybridized carbons (Fsp3) is 0.400. The number of carboxylic acid groups (broad SMARTS) is 1. The maximum absolute atomic E-state index is 10.6. The second-order valence-corrected chi connectivity index (χ2v) is 3.22. The maximum atomic E-state index is 10.6. The van der Waals surface area contributed by atoms with E-state index in [4.69, 9.17) is 15.6 Å². The lowest BCUT2D eigenvalue weighted by Gasteiger charge is -2.15. The molecule has 1 rings (SSSR count). The van der Waals surface area contributed by atoms with Gasteiger partial charge in [0.05, 0.1) is 13.5 Å². The zero-order valence-electron chi connectivity index (χ0n) is 8.73. The summed E-state index contributed by atoms with van der Waals surface area (Å²) in [5, 5.41) is 8.66. The number of aromatic nitrogens is 1. The lowest BCUT2D eigenvalue weighted by molar-refractivity contribution is -0.137. The predicted octanol–water partition coefficient (Wildman–Crippen LogP) is 0.873. The molecule has 0 amide bonds. The molecule has 1 unspecified atom stereocenters. The molecule has 82 valence electrons. The number of carbonyl (C=O) groups is 1. The van der Waals surface area contributed by atoms with E-state index >= 15 is 0 Å². The fourth-order valence-electron chi connectivity index (χ4n) is 1.47. The Morgan fingerprint density at radius 3 is 2.93 bits per heavy atom. The third-order valence-corrected chi connectivity index (χ3v) is 2.13. The van der Waals surface area contributed by atoms with Crippen molar-refractivity contribution in [2.75, 3.05) is 7.11 Å². The second-order valence-electron chi connectivity index (χ2n) is 3.22. The lowest BCUT2D eigenvalue weighted by Crippen LogP contribution is -2.17. The summed E-state index contributed by atoms with van der Waals surface area (Å²) in [6.07, 6.45) is 1.47. The van der Waals surface area contributed by atoms with Crippen LogP contribution in [0.15, 0.2) is 12.3 Å². The van der Waals surface area contributed by atoms with Gasteiger partial charge in [-0.05, 0) is 13.0 Å². The summed E-state index contributed by atoms with van der Waals surface area (Å²) in [6, 6.07) is 1.08. The Balaban J connectivity index is 3.05. The van der Waals surface area contributed by atoms with Crippen LogP contribution in [0.3, 0.4) is 0 Å². The van der Waals surface area contributed by atoms with Gasteiger partial charge < -0.3 is 15.6 Å². The highest BCUT2D eigenvalue weighted by molar-refractivity contribution is 5.68. The van der Waals surface area contributed by atoms with Crippen molar-refractivity contribution in [3.05, 3.63) is 23.5 Å². The quantitative estimate of drug-likeness (QED) is 0.770. The topological polar surface area (TPSA) is 85.4 Å². The number of methoxy groups -OCH3 is 1. The minimum atomic E-state index is -0.937. The number of pyridine rings is 1. The third-order valence-electron chi connectivity index (χ3n) is 2.13. The molecule has 3 N–H and O–H groups in total. The molecule has 0 radical (unpaired) electrons. The summed E-state index contributed by atoms with van der Waals surface area (Å²) >= 11 is 0. The molecule has 0 fully saturated rings. The fourth-order valence-corrected chi connectivity index (χ4v) is 1.47. The van der Waals surface area contributed by atoms with E-state index < -0.39 is 12.0 Å². The molecular formula is C10H14N2O3. The number of hydrogen-bond donors (Lipinski definition) is 2. The average molecular weight is 210 g/mol. The van der Waals surface area contributed by atoms with Crippen molar-refractivity contribution in [3.63, 3.8) is 0 Å². The lowest BCUT2D eigenvalue weighted by atomic mass is 10.0. The Morgan fingerprint density at radius 1 is 1.73 bits per heavy atom. The highest BCUT2D eigenvalue weighted by Gasteiger charge is 2.17. The Hall–Kier alpha value is -1.62. The number of ether oxygens (including phenoxy) is 1. The summed E-state index contributed by atoms with van der Waals surface area (Å²) in [4.78, 5) is 14.6. The summed E-state index contributed by atoms with van der Waals surface area (Å²) in [5.41, 5.74) is 7.12. The van der Waals surface area contributed by atoms with Crippen molar-refractivity contribution < 1.29 is 14.6 Å². The van der Waals surface area contributed by atoms with Gasteiger partial charge in [0.2, 0.25) is 0 Å². The first-order chi connectivity index (χ1) is 7.06. The Kier molecular flexibility index (Phi) is 3.62. The van der Waals surface area contributed by atoms with Gasteiger partial charge in [-0.15, -0.1) is 0 Å². The normalized spacial score (nSPS) is 12.2. The molecule has 5 nitrogen and oxygen atoms in total. The van der Waals surface area contributed by atoms with Crippen LogP contribution in [0.25, 0.3) is 0 Å². The molecule has 0 aromatic carbocycles. The highest BCUT2D eigenvalue weighted by atomic mass is 16.5. The molecule has 0 aliphatic heterocycles. The summed E-state index contributed by atoms with van der Waals surface area (Å²) in [7, 11) is 1.52. The molecule has 1 heterocycles. The van der Waals surface area contributed by atoms with Crippen LogP contribution >= 0.6 is 0 Å². The van der Waals surface area contributed by atoms with E-state index in [2.05, 4.69) is 4.98 Å². The van der Waals surface area contributed by atoms with Crippen molar-refractivity contribution in [1.82, 2.24) is 4.98 Å². The Morgan fingerprint density at radius 2 is 2.40 bits per heavy atom. The van der Waals surface area contributed by atoms with Gasteiger partial charge in [0.25, 0.3) is 0 Å². The van der Waals surface area contributed by atoms with E-state index in [-0.39, 0.29) is 6.42 Å². The first kappa shape index (κ1) is 11.5. The average Bonchev–Trinajstić information content (AvgIpc) is 2.15. The van der Waals surface area contributed by atoms with Gasteiger partial charge in [-0.2, -0.15) is 0 Å². The predicted molar refractivity (Wildman–Crippen MR) is 54.7 cm³/mol.